The van der Waals surface area contributed by atoms with Crippen LogP contribution in [0, 0.1) is 52.8 Å². The van der Waals surface area contributed by atoms with Crippen LogP contribution in [0.5, 0.6) is 11.5 Å². The highest BCUT2D eigenvalue weighted by molar-refractivity contribution is 5.91. The van der Waals surface area contributed by atoms with Gasteiger partial charge < -0.3 is 9.47 Å². The van der Waals surface area contributed by atoms with E-state index in [1.54, 1.807) is 0 Å². The number of rotatable bonds is 9. The quantitative estimate of drug-likeness (QED) is 0.139. The average molecular weight is 539 g/mol. The summed E-state index contributed by atoms with van der Waals surface area (Å²) < 4.78 is 79.2. The van der Waals surface area contributed by atoms with E-state index in [2.05, 4.69) is 11.7 Å². The van der Waals surface area contributed by atoms with E-state index in [9.17, 15) is 26.7 Å². The zero-order valence-corrected chi connectivity index (χ0v) is 21.7. The molecule has 0 spiro atoms. The number of carbonyl (C=O) groups is 1. The van der Waals surface area contributed by atoms with E-state index < -0.39 is 46.4 Å². The van der Waals surface area contributed by atoms with Gasteiger partial charge in [0.1, 0.15) is 28.7 Å². The molecule has 2 fully saturated rings. The average Bonchev–Trinajstić information content (AvgIpc) is 2.89. The molecule has 2 aliphatic carbocycles. The molecule has 0 aliphatic heterocycles. The first-order valence-electron chi connectivity index (χ1n) is 13.7. The minimum absolute atomic E-state index is 0.0528. The Hall–Kier alpha value is -2.64. The molecule has 0 bridgehead atoms. The Kier molecular flexibility index (Phi) is 9.66. The number of esters is 1. The fraction of sp³-hybridized carbons (Fsp3) is 0.567. The molecule has 8 heteroatoms. The molecule has 0 unspecified atom stereocenters. The highest BCUT2D eigenvalue weighted by Crippen LogP contribution is 2.42. The van der Waals surface area contributed by atoms with Crippen molar-refractivity contribution in [3.8, 4) is 11.5 Å². The van der Waals surface area contributed by atoms with Gasteiger partial charge >= 0.3 is 5.97 Å². The van der Waals surface area contributed by atoms with Crippen LogP contribution in [0.25, 0.3) is 0 Å². The fourth-order valence-electron chi connectivity index (χ4n) is 6.06. The molecule has 38 heavy (non-hydrogen) atoms. The number of unbranched alkanes of at least 4 members (excludes halogenated alkanes) is 1. The summed E-state index contributed by atoms with van der Waals surface area (Å²) in [6, 6.07) is 2.59. The Bertz CT molecular complexity index is 1060. The largest absolute Gasteiger partial charge is 0.493 e. The SMILES string of the molecule is CCCCC1CCC(C2CCC(COc3cc(F)c(C(=O)Oc4cc(F)c(F)c(F)c4)c(F)c3)CC2)CC1. The summed E-state index contributed by atoms with van der Waals surface area (Å²) in [5, 5.41) is 0. The Morgan fingerprint density at radius 3 is 1.76 bits per heavy atom. The highest BCUT2D eigenvalue weighted by Gasteiger charge is 2.31. The highest BCUT2D eigenvalue weighted by atomic mass is 19.2. The second-order valence-corrected chi connectivity index (χ2v) is 10.9. The van der Waals surface area contributed by atoms with E-state index >= 15 is 0 Å². The van der Waals surface area contributed by atoms with Crippen molar-refractivity contribution in [2.24, 2.45) is 23.7 Å². The van der Waals surface area contributed by atoms with Gasteiger partial charge in [0, 0.05) is 24.3 Å². The summed E-state index contributed by atoms with van der Waals surface area (Å²) in [6.07, 6.45) is 13.7. The van der Waals surface area contributed by atoms with Gasteiger partial charge in [-0.05, 0) is 62.2 Å². The van der Waals surface area contributed by atoms with E-state index in [0.717, 1.165) is 55.6 Å². The first kappa shape index (κ1) is 28.4. The molecule has 3 nitrogen and oxygen atoms in total. The van der Waals surface area contributed by atoms with Gasteiger partial charge in [-0.1, -0.05) is 39.0 Å². The van der Waals surface area contributed by atoms with Crippen LogP contribution in [-0.4, -0.2) is 12.6 Å². The maximum absolute atomic E-state index is 14.6. The summed E-state index contributed by atoms with van der Waals surface area (Å²) in [7, 11) is 0. The number of hydrogen-bond donors (Lipinski definition) is 0. The van der Waals surface area contributed by atoms with Crippen LogP contribution in [0.4, 0.5) is 22.0 Å². The van der Waals surface area contributed by atoms with Crippen molar-refractivity contribution >= 4 is 5.97 Å². The third kappa shape index (κ3) is 7.06. The third-order valence-corrected chi connectivity index (χ3v) is 8.29. The van der Waals surface area contributed by atoms with Gasteiger partial charge in [-0.15, -0.1) is 0 Å². The lowest BCUT2D eigenvalue weighted by Crippen LogP contribution is -2.27. The smallest absolute Gasteiger partial charge is 0.349 e. The molecule has 0 heterocycles. The fourth-order valence-corrected chi connectivity index (χ4v) is 6.06. The molecule has 2 aromatic carbocycles. The maximum Gasteiger partial charge on any atom is 0.349 e. The van der Waals surface area contributed by atoms with Gasteiger partial charge in [0.15, 0.2) is 17.5 Å². The zero-order chi connectivity index (χ0) is 27.2. The van der Waals surface area contributed by atoms with Gasteiger partial charge in [-0.25, -0.2) is 26.7 Å². The lowest BCUT2D eigenvalue weighted by molar-refractivity contribution is 0.0723. The molecule has 0 amide bonds. The molecule has 4 rings (SSSR count). The second kappa shape index (κ2) is 12.9. The number of hydrogen-bond acceptors (Lipinski definition) is 3. The van der Waals surface area contributed by atoms with Crippen LogP contribution in [0.15, 0.2) is 24.3 Å². The monoisotopic (exact) mass is 538 g/mol. The molecular weight excluding hydrogens is 503 g/mol. The molecule has 208 valence electrons. The maximum atomic E-state index is 14.6. The first-order valence-corrected chi connectivity index (χ1v) is 13.7. The van der Waals surface area contributed by atoms with Gasteiger partial charge in [0.2, 0.25) is 0 Å². The predicted octanol–water partition coefficient (Wildman–Crippen LogP) is 8.78. The topological polar surface area (TPSA) is 35.5 Å². The molecule has 0 saturated heterocycles. The predicted molar refractivity (Wildman–Crippen MR) is 134 cm³/mol. The molecular formula is C30H35F5O3. The van der Waals surface area contributed by atoms with Crippen LogP contribution in [0.1, 0.15) is 87.9 Å². The van der Waals surface area contributed by atoms with Crippen LogP contribution >= 0.6 is 0 Å². The van der Waals surface area contributed by atoms with Crippen molar-refractivity contribution < 1.29 is 36.2 Å². The summed E-state index contributed by atoms with van der Waals surface area (Å²) in [6.45, 7) is 2.57. The molecule has 2 saturated carbocycles. The Labute approximate surface area is 220 Å². The normalized spacial score (nSPS) is 23.7. The standard InChI is InChI=1S/C30H35F5O3/c1-2-3-4-18-5-9-20(10-6-18)21-11-7-19(8-12-21)17-37-22-13-24(31)28(25(32)14-22)30(36)38-23-15-26(33)29(35)27(34)16-23/h13-16,18-21H,2-12,17H2,1H3. The molecule has 0 radical (unpaired) electrons. The summed E-state index contributed by atoms with van der Waals surface area (Å²) in [4.78, 5) is 12.2. The van der Waals surface area contributed by atoms with Crippen molar-refractivity contribution in [1.82, 2.24) is 0 Å². The first-order chi connectivity index (χ1) is 18.2. The Morgan fingerprint density at radius 2 is 1.24 bits per heavy atom. The van der Waals surface area contributed by atoms with Gasteiger partial charge in [-0.3, -0.25) is 0 Å². The zero-order valence-electron chi connectivity index (χ0n) is 21.7. The number of benzene rings is 2. The van der Waals surface area contributed by atoms with Gasteiger partial charge in [0.25, 0.3) is 0 Å². The Morgan fingerprint density at radius 1 is 0.737 bits per heavy atom. The minimum Gasteiger partial charge on any atom is -0.493 e. The third-order valence-electron chi connectivity index (χ3n) is 8.29. The molecule has 2 aromatic rings. The molecule has 0 atom stereocenters. The summed E-state index contributed by atoms with van der Waals surface area (Å²) in [5.41, 5.74) is -1.03. The van der Waals surface area contributed by atoms with Crippen molar-refractivity contribution in [2.75, 3.05) is 6.61 Å². The van der Waals surface area contributed by atoms with Crippen LogP contribution in [0.3, 0.4) is 0 Å². The van der Waals surface area contributed by atoms with Gasteiger partial charge in [0.05, 0.1) is 6.61 Å². The van der Waals surface area contributed by atoms with Crippen molar-refractivity contribution in [1.29, 1.82) is 0 Å². The summed E-state index contributed by atoms with van der Waals surface area (Å²) >= 11 is 0. The number of ether oxygens (including phenoxy) is 2. The van der Waals surface area contributed by atoms with E-state index in [-0.39, 0.29) is 5.75 Å². The minimum atomic E-state index is -1.75. The lowest BCUT2D eigenvalue weighted by atomic mass is 9.69. The molecule has 0 N–H and O–H groups in total. The van der Waals surface area contributed by atoms with E-state index in [0.29, 0.717) is 24.7 Å². The number of carbonyl (C=O) groups excluding carboxylic acids is 1. The van der Waals surface area contributed by atoms with Crippen molar-refractivity contribution in [2.45, 2.75) is 77.6 Å². The Balaban J connectivity index is 1.26. The molecule has 2 aliphatic rings. The lowest BCUT2D eigenvalue weighted by Gasteiger charge is -2.38. The van der Waals surface area contributed by atoms with E-state index in [1.165, 1.54) is 44.9 Å². The van der Waals surface area contributed by atoms with Crippen LogP contribution in [0.2, 0.25) is 0 Å². The van der Waals surface area contributed by atoms with Crippen LogP contribution in [-0.2, 0) is 0 Å². The van der Waals surface area contributed by atoms with E-state index in [1.807, 2.05) is 0 Å². The van der Waals surface area contributed by atoms with Crippen molar-refractivity contribution in [3.63, 3.8) is 0 Å². The summed E-state index contributed by atoms with van der Waals surface area (Å²) in [5.74, 6) is -6.91. The second-order valence-electron chi connectivity index (χ2n) is 10.9. The molecule has 0 aromatic heterocycles. The van der Waals surface area contributed by atoms with Crippen molar-refractivity contribution in [3.05, 3.63) is 58.9 Å². The van der Waals surface area contributed by atoms with E-state index in [4.69, 9.17) is 4.74 Å². The number of halogens is 5. The van der Waals surface area contributed by atoms with Crippen LogP contribution < -0.4 is 9.47 Å². The van der Waals surface area contributed by atoms with Gasteiger partial charge in [-0.2, -0.15) is 0 Å².